The Morgan fingerprint density at radius 1 is 1.07 bits per heavy atom. The number of aromatic nitrogens is 3. The van der Waals surface area contributed by atoms with Crippen LogP contribution in [0.4, 0.5) is 17.5 Å². The summed E-state index contributed by atoms with van der Waals surface area (Å²) in [5.74, 6) is 1.14. The van der Waals surface area contributed by atoms with Gasteiger partial charge in [0, 0.05) is 35.1 Å². The summed E-state index contributed by atoms with van der Waals surface area (Å²) < 4.78 is 0. The quantitative estimate of drug-likeness (QED) is 0.453. The Kier molecular flexibility index (Phi) is 6.32. The molecule has 140 valence electrons. The molecule has 2 heterocycles. The smallest absolute Gasteiger partial charge is 0.225 e. The summed E-state index contributed by atoms with van der Waals surface area (Å²) in [6.45, 7) is 4.19. The van der Waals surface area contributed by atoms with Crippen LogP contribution in [0.1, 0.15) is 20.3 Å². The first kappa shape index (κ1) is 19.2. The molecule has 0 saturated heterocycles. The van der Waals surface area contributed by atoms with Gasteiger partial charge in [-0.25, -0.2) is 4.98 Å². The second kappa shape index (κ2) is 8.88. The van der Waals surface area contributed by atoms with Crippen molar-refractivity contribution in [3.63, 3.8) is 0 Å². The third-order valence-corrected chi connectivity index (χ3v) is 4.48. The van der Waals surface area contributed by atoms with Gasteiger partial charge in [-0.2, -0.15) is 4.98 Å². The number of anilines is 3. The van der Waals surface area contributed by atoms with E-state index < -0.39 is 0 Å². The fourth-order valence-corrected chi connectivity index (χ4v) is 2.74. The van der Waals surface area contributed by atoms with Crippen molar-refractivity contribution < 1.29 is 0 Å². The summed E-state index contributed by atoms with van der Waals surface area (Å²) in [6, 6.07) is 11.1. The lowest BCUT2D eigenvalue weighted by molar-refractivity contribution is 0.753. The van der Waals surface area contributed by atoms with Gasteiger partial charge in [0.1, 0.15) is 0 Å². The number of rotatable bonds is 7. The van der Waals surface area contributed by atoms with Crippen molar-refractivity contribution in [3.8, 4) is 11.3 Å². The van der Waals surface area contributed by atoms with E-state index >= 15 is 0 Å². The Bertz CT molecular complexity index is 904. The second-order valence-electron chi connectivity index (χ2n) is 6.03. The van der Waals surface area contributed by atoms with Gasteiger partial charge >= 0.3 is 0 Å². The van der Waals surface area contributed by atoms with Crippen LogP contribution in [0.25, 0.3) is 11.3 Å². The minimum absolute atomic E-state index is 0.251. The van der Waals surface area contributed by atoms with Gasteiger partial charge in [-0.3, -0.25) is 15.8 Å². The Labute approximate surface area is 168 Å². The molecule has 6 nitrogen and oxygen atoms in total. The Morgan fingerprint density at radius 2 is 1.93 bits per heavy atom. The van der Waals surface area contributed by atoms with Gasteiger partial charge in [-0.05, 0) is 43.7 Å². The predicted molar refractivity (Wildman–Crippen MR) is 112 cm³/mol. The zero-order valence-electron chi connectivity index (χ0n) is 15.0. The largest absolute Gasteiger partial charge is 0.352 e. The van der Waals surface area contributed by atoms with Gasteiger partial charge < -0.3 is 5.32 Å². The molecule has 1 aromatic carbocycles. The van der Waals surface area contributed by atoms with E-state index in [4.69, 9.17) is 23.2 Å². The lowest BCUT2D eigenvalue weighted by Gasteiger charge is -2.15. The molecule has 0 saturated carbocycles. The van der Waals surface area contributed by atoms with Gasteiger partial charge in [0.05, 0.1) is 16.4 Å². The van der Waals surface area contributed by atoms with Crippen LogP contribution in [0.3, 0.4) is 0 Å². The third-order valence-electron chi connectivity index (χ3n) is 3.93. The molecule has 0 amide bonds. The molecule has 0 unspecified atom stereocenters. The highest BCUT2D eigenvalue weighted by Crippen LogP contribution is 2.26. The summed E-state index contributed by atoms with van der Waals surface area (Å²) in [5.41, 5.74) is 8.49. The topological polar surface area (TPSA) is 74.8 Å². The maximum absolute atomic E-state index is 6.20. The first-order valence-electron chi connectivity index (χ1n) is 8.58. The van der Waals surface area contributed by atoms with Crippen LogP contribution in [-0.2, 0) is 0 Å². The van der Waals surface area contributed by atoms with Gasteiger partial charge in [0.25, 0.3) is 0 Å². The SMILES string of the molecule is CC[C@H](C)Nc1nc(NNc2ccc(Cl)cc2Cl)cc(-c2cccnc2)n1. The predicted octanol–water partition coefficient (Wildman–Crippen LogP) is 5.49. The number of nitrogens with one attached hydrogen (secondary N) is 3. The molecule has 0 bridgehead atoms. The molecular weight excluding hydrogens is 383 g/mol. The highest BCUT2D eigenvalue weighted by atomic mass is 35.5. The molecule has 0 aliphatic rings. The van der Waals surface area contributed by atoms with E-state index in [9.17, 15) is 0 Å². The van der Waals surface area contributed by atoms with E-state index in [1.165, 1.54) is 0 Å². The van der Waals surface area contributed by atoms with Crippen LogP contribution in [0.5, 0.6) is 0 Å². The maximum Gasteiger partial charge on any atom is 0.225 e. The van der Waals surface area contributed by atoms with Gasteiger partial charge in [-0.15, -0.1) is 0 Å². The van der Waals surface area contributed by atoms with E-state index in [0.717, 1.165) is 17.7 Å². The Morgan fingerprint density at radius 3 is 2.63 bits per heavy atom. The summed E-state index contributed by atoms with van der Waals surface area (Å²) in [6.07, 6.45) is 4.46. The highest BCUT2D eigenvalue weighted by molar-refractivity contribution is 6.36. The Hall–Kier alpha value is -2.57. The number of nitrogens with zero attached hydrogens (tertiary/aromatic N) is 3. The van der Waals surface area contributed by atoms with E-state index in [0.29, 0.717) is 27.5 Å². The number of halogens is 2. The fourth-order valence-electron chi connectivity index (χ4n) is 2.28. The molecular formula is C19H20Cl2N6. The third kappa shape index (κ3) is 5.21. The van der Waals surface area contributed by atoms with Crippen LogP contribution in [0.2, 0.25) is 10.0 Å². The lowest BCUT2D eigenvalue weighted by atomic mass is 10.2. The fraction of sp³-hybridized carbons (Fsp3) is 0.211. The summed E-state index contributed by atoms with van der Waals surface area (Å²) >= 11 is 12.1. The number of hydrogen-bond donors (Lipinski definition) is 3. The number of benzene rings is 1. The first-order chi connectivity index (χ1) is 13.0. The molecule has 0 radical (unpaired) electrons. The molecule has 8 heteroatoms. The second-order valence-corrected chi connectivity index (χ2v) is 6.88. The minimum atomic E-state index is 0.251. The normalized spacial score (nSPS) is 11.7. The molecule has 1 atom stereocenters. The summed E-state index contributed by atoms with van der Waals surface area (Å²) in [5, 5.41) is 4.39. The maximum atomic E-state index is 6.20. The molecule has 0 spiro atoms. The number of hydrazine groups is 1. The van der Waals surface area contributed by atoms with Crippen molar-refractivity contribution in [2.24, 2.45) is 0 Å². The molecule has 27 heavy (non-hydrogen) atoms. The molecule has 3 N–H and O–H groups in total. The standard InChI is InChI=1S/C19H20Cl2N6/c1-3-12(2)23-19-24-17(13-5-4-8-22-11-13)10-18(25-19)27-26-16-7-6-14(20)9-15(16)21/h4-12,26H,3H2,1-2H3,(H2,23,24,25,27)/t12-/m0/s1. The number of hydrogen-bond acceptors (Lipinski definition) is 6. The van der Waals surface area contributed by atoms with Gasteiger partial charge in [-0.1, -0.05) is 30.1 Å². The van der Waals surface area contributed by atoms with Crippen molar-refractivity contribution in [2.75, 3.05) is 16.2 Å². The zero-order chi connectivity index (χ0) is 19.2. The Balaban J connectivity index is 1.87. The highest BCUT2D eigenvalue weighted by Gasteiger charge is 2.09. The van der Waals surface area contributed by atoms with Crippen molar-refractivity contribution in [3.05, 3.63) is 58.8 Å². The van der Waals surface area contributed by atoms with Crippen LogP contribution in [-0.4, -0.2) is 21.0 Å². The minimum Gasteiger partial charge on any atom is -0.352 e. The number of pyridine rings is 1. The van der Waals surface area contributed by atoms with Gasteiger partial charge in [0.15, 0.2) is 5.82 Å². The molecule has 0 aliphatic carbocycles. The zero-order valence-corrected chi connectivity index (χ0v) is 16.5. The van der Waals surface area contributed by atoms with Crippen molar-refractivity contribution in [1.29, 1.82) is 0 Å². The molecule has 3 aromatic rings. The average Bonchev–Trinajstić information content (AvgIpc) is 2.67. The first-order valence-corrected chi connectivity index (χ1v) is 9.34. The van der Waals surface area contributed by atoms with Crippen molar-refractivity contribution in [2.45, 2.75) is 26.3 Å². The molecule has 3 rings (SSSR count). The average molecular weight is 403 g/mol. The molecule has 2 aromatic heterocycles. The van der Waals surface area contributed by atoms with E-state index in [1.54, 1.807) is 30.6 Å². The van der Waals surface area contributed by atoms with Crippen molar-refractivity contribution >= 4 is 40.7 Å². The van der Waals surface area contributed by atoms with Crippen LogP contribution < -0.4 is 16.2 Å². The molecule has 0 aliphatic heterocycles. The summed E-state index contributed by atoms with van der Waals surface area (Å²) in [4.78, 5) is 13.3. The van der Waals surface area contributed by atoms with Crippen LogP contribution in [0.15, 0.2) is 48.8 Å². The van der Waals surface area contributed by atoms with E-state index in [-0.39, 0.29) is 6.04 Å². The monoisotopic (exact) mass is 402 g/mol. The van der Waals surface area contributed by atoms with Crippen LogP contribution in [0, 0.1) is 0 Å². The summed E-state index contributed by atoms with van der Waals surface area (Å²) in [7, 11) is 0. The van der Waals surface area contributed by atoms with E-state index in [2.05, 4.69) is 45.0 Å². The van der Waals surface area contributed by atoms with Gasteiger partial charge in [0.2, 0.25) is 5.95 Å². The lowest BCUT2D eigenvalue weighted by Crippen LogP contribution is -2.17. The van der Waals surface area contributed by atoms with Crippen LogP contribution >= 0.6 is 23.2 Å². The van der Waals surface area contributed by atoms with Crippen molar-refractivity contribution in [1.82, 2.24) is 15.0 Å². The molecule has 0 fully saturated rings. The van der Waals surface area contributed by atoms with E-state index in [1.807, 2.05) is 18.2 Å².